The fraction of sp³-hybridized carbons (Fsp3) is 0.227. The van der Waals surface area contributed by atoms with E-state index in [1.54, 1.807) is 11.8 Å². The molecule has 0 bridgehead atoms. The van der Waals surface area contributed by atoms with Gasteiger partial charge in [-0.3, -0.25) is 0 Å². The van der Waals surface area contributed by atoms with Crippen LogP contribution < -0.4 is 5.32 Å². The van der Waals surface area contributed by atoms with Crippen LogP contribution in [-0.2, 0) is 0 Å². The molecule has 154 valence electrons. The highest BCUT2D eigenvalue weighted by Crippen LogP contribution is 2.37. The van der Waals surface area contributed by atoms with E-state index in [4.69, 9.17) is 33.3 Å². The van der Waals surface area contributed by atoms with Crippen LogP contribution in [0.2, 0.25) is 5.02 Å². The summed E-state index contributed by atoms with van der Waals surface area (Å²) < 4.78 is 5.72. The van der Waals surface area contributed by atoms with Crippen molar-refractivity contribution in [1.29, 1.82) is 0 Å². The highest BCUT2D eigenvalue weighted by Gasteiger charge is 2.33. The van der Waals surface area contributed by atoms with E-state index in [1.165, 1.54) is 4.90 Å². The van der Waals surface area contributed by atoms with Crippen molar-refractivity contribution in [3.63, 3.8) is 0 Å². The molecule has 1 aliphatic rings. The molecule has 0 aliphatic carbocycles. The van der Waals surface area contributed by atoms with Gasteiger partial charge in [-0.25, -0.2) is 0 Å². The Kier molecular flexibility index (Phi) is 6.13. The molecular formula is C22H21ClN4OS2. The number of thiocarbonyl (C=S) groups is 1. The molecule has 8 heteroatoms. The van der Waals surface area contributed by atoms with E-state index < -0.39 is 0 Å². The Morgan fingerprint density at radius 2 is 2.00 bits per heavy atom. The molecule has 0 fully saturated rings. The van der Waals surface area contributed by atoms with Crippen LogP contribution >= 0.6 is 35.6 Å². The van der Waals surface area contributed by atoms with Crippen molar-refractivity contribution in [2.24, 2.45) is 0 Å². The summed E-state index contributed by atoms with van der Waals surface area (Å²) in [5, 5.41) is 8.97. The number of thioether (sulfide) groups is 1. The molecule has 4 rings (SSSR count). The number of benzene rings is 2. The molecule has 5 nitrogen and oxygen atoms in total. The molecule has 3 aromatic rings. The van der Waals surface area contributed by atoms with Crippen LogP contribution in [0.3, 0.4) is 0 Å². The Morgan fingerprint density at radius 3 is 2.67 bits per heavy atom. The monoisotopic (exact) mass is 456 g/mol. The number of nitrogens with zero attached hydrogens (tertiary/aromatic N) is 3. The first-order valence-corrected chi connectivity index (χ1v) is 11.6. The number of aromatic nitrogens is 2. The molecule has 1 N–H and O–H groups in total. The van der Waals surface area contributed by atoms with E-state index in [9.17, 15) is 0 Å². The van der Waals surface area contributed by atoms with Crippen molar-refractivity contribution in [2.45, 2.75) is 24.8 Å². The second-order valence-corrected chi connectivity index (χ2v) is 8.54. The lowest BCUT2D eigenvalue weighted by atomic mass is 9.95. The smallest absolute Gasteiger partial charge is 0.258 e. The quantitative estimate of drug-likeness (QED) is 0.385. The Hall–Kier alpha value is -2.35. The Balaban J connectivity index is 1.80. The van der Waals surface area contributed by atoms with Crippen LogP contribution in [0.1, 0.15) is 31.3 Å². The third kappa shape index (κ3) is 3.97. The molecule has 0 saturated heterocycles. The van der Waals surface area contributed by atoms with Gasteiger partial charge < -0.3 is 14.7 Å². The fourth-order valence-corrected chi connectivity index (χ4v) is 4.55. The zero-order valence-corrected chi connectivity index (χ0v) is 19.2. The van der Waals surface area contributed by atoms with Crippen LogP contribution in [-0.4, -0.2) is 33.0 Å². The minimum atomic E-state index is -0.177. The third-order valence-corrected chi connectivity index (χ3v) is 6.42. The number of nitrogens with one attached hydrogen (secondary N) is 1. The first kappa shape index (κ1) is 20.9. The van der Waals surface area contributed by atoms with E-state index in [-0.39, 0.29) is 6.04 Å². The van der Waals surface area contributed by atoms with Gasteiger partial charge in [-0.15, -0.1) is 11.8 Å². The molecule has 1 aromatic heterocycles. The maximum Gasteiger partial charge on any atom is 0.258 e. The largest absolute Gasteiger partial charge is 0.351 e. The van der Waals surface area contributed by atoms with Gasteiger partial charge in [0.25, 0.3) is 5.89 Å². The van der Waals surface area contributed by atoms with Gasteiger partial charge in [-0.2, -0.15) is 4.98 Å². The van der Waals surface area contributed by atoms with Crippen molar-refractivity contribution in [1.82, 2.24) is 20.4 Å². The van der Waals surface area contributed by atoms with Gasteiger partial charge in [0.1, 0.15) is 0 Å². The summed E-state index contributed by atoms with van der Waals surface area (Å²) in [7, 11) is 0. The lowest BCUT2D eigenvalue weighted by molar-refractivity contribution is 0.398. The van der Waals surface area contributed by atoms with Gasteiger partial charge >= 0.3 is 0 Å². The maximum absolute atomic E-state index is 6.13. The Bertz CT molecular complexity index is 1110. The second kappa shape index (κ2) is 8.79. The van der Waals surface area contributed by atoms with Crippen LogP contribution in [0.15, 0.2) is 63.6 Å². The van der Waals surface area contributed by atoms with E-state index in [0.717, 1.165) is 28.9 Å². The maximum atomic E-state index is 6.13. The van der Waals surface area contributed by atoms with E-state index in [1.807, 2.05) is 36.1 Å². The predicted molar refractivity (Wildman–Crippen MR) is 126 cm³/mol. The summed E-state index contributed by atoms with van der Waals surface area (Å²) in [5.74, 6) is 0.968. The first-order chi connectivity index (χ1) is 14.5. The Morgan fingerprint density at radius 1 is 1.23 bits per heavy atom. The van der Waals surface area contributed by atoms with E-state index >= 15 is 0 Å². The van der Waals surface area contributed by atoms with Crippen molar-refractivity contribution in [3.8, 4) is 11.4 Å². The molecule has 1 aliphatic heterocycles. The molecule has 1 unspecified atom stereocenters. The first-order valence-electron chi connectivity index (χ1n) is 9.54. The summed E-state index contributed by atoms with van der Waals surface area (Å²) in [6.07, 6.45) is 2.06. The predicted octanol–water partition coefficient (Wildman–Crippen LogP) is 5.79. The standard InChI is InChI=1S/C22H21ClN4OS2/c1-4-27-13(2)18(19(24-22(27)29)14-8-10-17(30-3)11-9-14)21-25-20(26-28-21)15-6-5-7-16(23)12-15/h5-12,19H,4H2,1-3H3,(H,24,29). The van der Waals surface area contributed by atoms with Crippen molar-refractivity contribution < 1.29 is 4.52 Å². The second-order valence-electron chi connectivity index (χ2n) is 6.83. The summed E-state index contributed by atoms with van der Waals surface area (Å²) in [6.45, 7) is 4.85. The third-order valence-electron chi connectivity index (χ3n) is 5.10. The zero-order valence-electron chi connectivity index (χ0n) is 16.8. The molecule has 0 radical (unpaired) electrons. The van der Waals surface area contributed by atoms with Crippen molar-refractivity contribution >= 4 is 46.3 Å². The van der Waals surface area contributed by atoms with Crippen LogP contribution in [0.4, 0.5) is 0 Å². The van der Waals surface area contributed by atoms with Gasteiger partial charge in [0.2, 0.25) is 5.82 Å². The van der Waals surface area contributed by atoms with Gasteiger partial charge in [-0.1, -0.05) is 41.0 Å². The number of halogens is 1. The molecular weight excluding hydrogens is 436 g/mol. The van der Waals surface area contributed by atoms with Crippen LogP contribution in [0, 0.1) is 0 Å². The molecule has 0 spiro atoms. The van der Waals surface area contributed by atoms with E-state index in [2.05, 4.69) is 47.9 Å². The van der Waals surface area contributed by atoms with Gasteiger partial charge in [-0.05, 0) is 62.2 Å². The summed E-state index contributed by atoms with van der Waals surface area (Å²) in [4.78, 5) is 7.94. The zero-order chi connectivity index (χ0) is 21.3. The molecule has 0 amide bonds. The normalized spacial score (nSPS) is 16.7. The van der Waals surface area contributed by atoms with Crippen molar-refractivity contribution in [3.05, 3.63) is 70.7 Å². The summed E-state index contributed by atoms with van der Waals surface area (Å²) >= 11 is 13.5. The molecule has 2 heterocycles. The van der Waals surface area contributed by atoms with Gasteiger partial charge in [0.15, 0.2) is 5.11 Å². The number of allylic oxidation sites excluding steroid dienone is 1. The topological polar surface area (TPSA) is 54.2 Å². The number of hydrogen-bond acceptors (Lipinski definition) is 5. The van der Waals surface area contributed by atoms with Gasteiger partial charge in [0, 0.05) is 27.7 Å². The highest BCUT2D eigenvalue weighted by atomic mass is 35.5. The minimum absolute atomic E-state index is 0.177. The van der Waals surface area contributed by atoms with E-state index in [0.29, 0.717) is 21.9 Å². The van der Waals surface area contributed by atoms with Crippen LogP contribution in [0.25, 0.3) is 17.0 Å². The molecule has 2 aromatic carbocycles. The van der Waals surface area contributed by atoms with Crippen LogP contribution in [0.5, 0.6) is 0 Å². The number of hydrogen-bond donors (Lipinski definition) is 1. The summed E-state index contributed by atoms with van der Waals surface area (Å²) in [6, 6.07) is 15.7. The SMILES string of the molecule is CCN1C(=S)NC(c2ccc(SC)cc2)C(c2nc(-c3cccc(Cl)c3)no2)=C1C. The summed E-state index contributed by atoms with van der Waals surface area (Å²) in [5.41, 5.74) is 3.82. The number of rotatable bonds is 5. The highest BCUT2D eigenvalue weighted by molar-refractivity contribution is 7.98. The average molecular weight is 457 g/mol. The minimum Gasteiger partial charge on any atom is -0.351 e. The fourth-order valence-electron chi connectivity index (χ4n) is 3.56. The lowest BCUT2D eigenvalue weighted by Gasteiger charge is -2.36. The Labute approximate surface area is 190 Å². The lowest BCUT2D eigenvalue weighted by Crippen LogP contribution is -2.45. The van der Waals surface area contributed by atoms with Gasteiger partial charge in [0.05, 0.1) is 11.6 Å². The molecule has 30 heavy (non-hydrogen) atoms. The molecule has 0 saturated carbocycles. The average Bonchev–Trinajstić information content (AvgIpc) is 3.23. The molecule has 1 atom stereocenters. The van der Waals surface area contributed by atoms with Crippen molar-refractivity contribution in [2.75, 3.05) is 12.8 Å².